The molecule has 0 aliphatic carbocycles. The number of rotatable bonds is 7. The Morgan fingerprint density at radius 3 is 2.53 bits per heavy atom. The lowest BCUT2D eigenvalue weighted by Crippen LogP contribution is -2.54. The second-order valence-corrected chi connectivity index (χ2v) is 7.93. The summed E-state index contributed by atoms with van der Waals surface area (Å²) in [5, 5.41) is 8.87. The smallest absolute Gasteiger partial charge is 0.262 e. The van der Waals surface area contributed by atoms with Gasteiger partial charge in [-0.25, -0.2) is 0 Å². The van der Waals surface area contributed by atoms with Gasteiger partial charge in [0.1, 0.15) is 6.04 Å². The minimum Gasteiger partial charge on any atom is -0.385 e. The lowest BCUT2D eigenvalue weighted by molar-refractivity contribution is -0.136. The molecule has 3 heterocycles. The third-order valence-electron chi connectivity index (χ3n) is 5.88. The number of carbonyl (C=O) groups is 4. The molecule has 3 aliphatic rings. The summed E-state index contributed by atoms with van der Waals surface area (Å²) in [5.74, 6) is -1.93. The zero-order chi connectivity index (χ0) is 21.1. The van der Waals surface area contributed by atoms with Crippen molar-refractivity contribution in [2.45, 2.75) is 31.7 Å². The van der Waals surface area contributed by atoms with Crippen LogP contribution in [0.5, 0.6) is 0 Å². The minimum absolute atomic E-state index is 0.116. The van der Waals surface area contributed by atoms with Crippen molar-refractivity contribution < 1.29 is 19.2 Å². The molecule has 0 aromatic heterocycles. The van der Waals surface area contributed by atoms with Crippen LogP contribution >= 0.6 is 0 Å². The molecule has 9 nitrogen and oxygen atoms in total. The fourth-order valence-electron chi connectivity index (χ4n) is 4.21. The highest BCUT2D eigenvalue weighted by atomic mass is 16.2. The Labute approximate surface area is 175 Å². The molecule has 0 bridgehead atoms. The summed E-state index contributed by atoms with van der Waals surface area (Å²) in [6, 6.07) is 4.16. The molecule has 2 saturated heterocycles. The monoisotopic (exact) mass is 413 g/mol. The van der Waals surface area contributed by atoms with Gasteiger partial charge in [0.25, 0.3) is 11.8 Å². The van der Waals surface area contributed by atoms with Crippen LogP contribution in [0.4, 0.5) is 5.69 Å². The number of hydrogen-bond acceptors (Lipinski definition) is 7. The van der Waals surface area contributed by atoms with E-state index < -0.39 is 23.8 Å². The Kier molecular flexibility index (Phi) is 6.10. The highest BCUT2D eigenvalue weighted by Crippen LogP contribution is 2.29. The Morgan fingerprint density at radius 2 is 1.77 bits per heavy atom. The first-order valence-corrected chi connectivity index (χ1v) is 10.6. The van der Waals surface area contributed by atoms with Gasteiger partial charge in [0.05, 0.1) is 11.1 Å². The summed E-state index contributed by atoms with van der Waals surface area (Å²) in [6.45, 7) is 6.16. The van der Waals surface area contributed by atoms with Crippen LogP contribution in [-0.2, 0) is 9.59 Å². The highest BCUT2D eigenvalue weighted by molar-refractivity contribution is 6.23. The number of hydrogen-bond donors (Lipinski definition) is 3. The van der Waals surface area contributed by atoms with Gasteiger partial charge in [-0.1, -0.05) is 0 Å². The third kappa shape index (κ3) is 4.22. The maximum absolute atomic E-state index is 12.8. The number of nitrogens with one attached hydrogen (secondary N) is 3. The van der Waals surface area contributed by atoms with E-state index in [1.807, 2.05) is 0 Å². The molecule has 9 heteroatoms. The maximum Gasteiger partial charge on any atom is 0.262 e. The predicted octanol–water partition coefficient (Wildman–Crippen LogP) is 0.185. The van der Waals surface area contributed by atoms with Crippen LogP contribution in [0.2, 0.25) is 0 Å². The molecule has 160 valence electrons. The summed E-state index contributed by atoms with van der Waals surface area (Å²) >= 11 is 0. The molecule has 4 rings (SSSR count). The van der Waals surface area contributed by atoms with Gasteiger partial charge in [-0.15, -0.1) is 0 Å². The predicted molar refractivity (Wildman–Crippen MR) is 110 cm³/mol. The van der Waals surface area contributed by atoms with Crippen molar-refractivity contribution in [1.82, 2.24) is 20.4 Å². The van der Waals surface area contributed by atoms with Gasteiger partial charge >= 0.3 is 0 Å². The number of anilines is 1. The average Bonchev–Trinajstić information content (AvgIpc) is 2.99. The van der Waals surface area contributed by atoms with Gasteiger partial charge in [-0.2, -0.15) is 0 Å². The normalized spacial score (nSPS) is 22.3. The number of amides is 4. The van der Waals surface area contributed by atoms with E-state index in [-0.39, 0.29) is 18.7 Å². The molecule has 3 aliphatic heterocycles. The van der Waals surface area contributed by atoms with Crippen LogP contribution in [0.25, 0.3) is 0 Å². The Bertz CT molecular complexity index is 865. The van der Waals surface area contributed by atoms with Crippen molar-refractivity contribution in [2.24, 2.45) is 0 Å². The molecule has 2 fully saturated rings. The van der Waals surface area contributed by atoms with Crippen LogP contribution < -0.4 is 16.0 Å². The molecular weight excluding hydrogens is 386 g/mol. The molecule has 4 amide bonds. The molecule has 0 spiro atoms. The third-order valence-corrected chi connectivity index (χ3v) is 5.88. The molecule has 1 aromatic carbocycles. The van der Waals surface area contributed by atoms with Gasteiger partial charge in [0, 0.05) is 44.8 Å². The molecule has 3 N–H and O–H groups in total. The van der Waals surface area contributed by atoms with Crippen LogP contribution in [0.1, 0.15) is 46.4 Å². The largest absolute Gasteiger partial charge is 0.385 e. The Hall–Kier alpha value is -2.78. The lowest BCUT2D eigenvalue weighted by atomic mass is 10.0. The van der Waals surface area contributed by atoms with Gasteiger partial charge in [-0.3, -0.25) is 29.4 Å². The summed E-state index contributed by atoms with van der Waals surface area (Å²) in [5.41, 5.74) is 1.38. The van der Waals surface area contributed by atoms with Gasteiger partial charge < -0.3 is 15.5 Å². The highest BCUT2D eigenvalue weighted by Gasteiger charge is 2.44. The van der Waals surface area contributed by atoms with Crippen molar-refractivity contribution in [2.75, 3.05) is 44.6 Å². The zero-order valence-electron chi connectivity index (χ0n) is 16.9. The summed E-state index contributed by atoms with van der Waals surface area (Å²) in [4.78, 5) is 52.5. The van der Waals surface area contributed by atoms with E-state index in [0.29, 0.717) is 11.1 Å². The topological polar surface area (TPSA) is 111 Å². The van der Waals surface area contributed by atoms with E-state index in [2.05, 4.69) is 20.9 Å². The maximum atomic E-state index is 12.8. The molecule has 1 unspecified atom stereocenters. The number of benzene rings is 1. The summed E-state index contributed by atoms with van der Waals surface area (Å²) in [7, 11) is 0. The van der Waals surface area contributed by atoms with Crippen molar-refractivity contribution >= 4 is 29.3 Å². The van der Waals surface area contributed by atoms with Crippen LogP contribution in [-0.4, -0.2) is 78.7 Å². The first kappa shape index (κ1) is 20.5. The average molecular weight is 413 g/mol. The van der Waals surface area contributed by atoms with Gasteiger partial charge in [-0.05, 0) is 44.0 Å². The number of piperazine rings is 1. The molecule has 0 radical (unpaired) electrons. The van der Waals surface area contributed by atoms with E-state index in [9.17, 15) is 19.2 Å². The van der Waals surface area contributed by atoms with E-state index in [4.69, 9.17) is 0 Å². The quantitative estimate of drug-likeness (QED) is 0.432. The van der Waals surface area contributed by atoms with Crippen LogP contribution in [0, 0.1) is 0 Å². The molecule has 30 heavy (non-hydrogen) atoms. The van der Waals surface area contributed by atoms with Crippen LogP contribution in [0.3, 0.4) is 0 Å². The second-order valence-electron chi connectivity index (χ2n) is 7.93. The number of carbonyl (C=O) groups excluding carboxylic acids is 4. The standard InChI is InChI=1S/C21H27N5O4/c27-18-6-5-17(19(28)24-18)26-20(29)15-4-3-14(13-16(15)21(26)30)23-7-1-2-10-25-11-8-22-9-12-25/h3-4,13,17,22-23H,1-2,5-12H2,(H,24,27,28). The Morgan fingerprint density at radius 1 is 1.00 bits per heavy atom. The second kappa shape index (κ2) is 8.93. The minimum atomic E-state index is -0.934. The van der Waals surface area contributed by atoms with Crippen molar-refractivity contribution in [1.29, 1.82) is 0 Å². The SMILES string of the molecule is O=C1CCC(N2C(=O)c3ccc(NCCCCN4CCNCC4)cc3C2=O)C(=O)N1. The molecule has 0 saturated carbocycles. The van der Waals surface area contributed by atoms with E-state index >= 15 is 0 Å². The van der Waals surface area contributed by atoms with Gasteiger partial charge in [0.15, 0.2) is 0 Å². The first-order chi connectivity index (χ1) is 14.5. The number of nitrogens with zero attached hydrogens (tertiary/aromatic N) is 2. The summed E-state index contributed by atoms with van der Waals surface area (Å²) in [6.07, 6.45) is 2.38. The Balaban J connectivity index is 1.32. The first-order valence-electron chi connectivity index (χ1n) is 10.6. The molecular formula is C21H27N5O4. The summed E-state index contributed by atoms with van der Waals surface area (Å²) < 4.78 is 0. The fraction of sp³-hybridized carbons (Fsp3) is 0.524. The van der Waals surface area contributed by atoms with E-state index in [1.165, 1.54) is 0 Å². The molecule has 1 atom stereocenters. The van der Waals surface area contributed by atoms with Crippen molar-refractivity contribution in [3.05, 3.63) is 29.3 Å². The van der Waals surface area contributed by atoms with Crippen molar-refractivity contribution in [3.63, 3.8) is 0 Å². The zero-order valence-corrected chi connectivity index (χ0v) is 16.9. The molecule has 1 aromatic rings. The van der Waals surface area contributed by atoms with E-state index in [0.717, 1.165) is 62.7 Å². The fourth-order valence-corrected chi connectivity index (χ4v) is 4.21. The number of unbranched alkanes of at least 4 members (excludes halogenated alkanes) is 1. The van der Waals surface area contributed by atoms with Crippen LogP contribution in [0.15, 0.2) is 18.2 Å². The van der Waals surface area contributed by atoms with Crippen molar-refractivity contribution in [3.8, 4) is 0 Å². The van der Waals surface area contributed by atoms with Gasteiger partial charge in [0.2, 0.25) is 11.8 Å². The lowest BCUT2D eigenvalue weighted by Gasteiger charge is -2.27. The number of fused-ring (bicyclic) bond motifs is 1. The number of imide groups is 2. The number of piperidine rings is 1. The van der Waals surface area contributed by atoms with E-state index in [1.54, 1.807) is 18.2 Å².